The van der Waals surface area contributed by atoms with Crippen LogP contribution in [0.1, 0.15) is 5.56 Å². The zero-order valence-corrected chi connectivity index (χ0v) is 13.3. The number of ether oxygens (including phenoxy) is 3. The third-order valence-electron chi connectivity index (χ3n) is 3.62. The normalized spacial score (nSPS) is 11.1. The Morgan fingerprint density at radius 3 is 2.46 bits per heavy atom. The predicted octanol–water partition coefficient (Wildman–Crippen LogP) is 3.32. The molecular weight excluding hydrogens is 320 g/mol. The van der Waals surface area contributed by atoms with E-state index in [0.29, 0.717) is 34.0 Å². The van der Waals surface area contributed by atoms with Crippen LogP contribution in [0.2, 0.25) is 0 Å². The summed E-state index contributed by atoms with van der Waals surface area (Å²) in [5.74, 6) is 1.05. The first kappa shape index (κ1) is 16.0. The van der Waals surface area contributed by atoms with Crippen LogP contribution >= 0.6 is 0 Å². The molecule has 0 amide bonds. The molecule has 24 heavy (non-hydrogen) atoms. The predicted molar refractivity (Wildman–Crippen MR) is 82.9 cm³/mol. The Morgan fingerprint density at radius 2 is 1.79 bits per heavy atom. The Morgan fingerprint density at radius 1 is 1.04 bits per heavy atom. The van der Waals surface area contributed by atoms with Gasteiger partial charge in [-0.1, -0.05) is 0 Å². The minimum absolute atomic E-state index is 0.0443. The van der Waals surface area contributed by atoms with E-state index in [1.165, 1.54) is 20.3 Å². The summed E-state index contributed by atoms with van der Waals surface area (Å²) in [5.41, 5.74) is 2.27. The van der Waals surface area contributed by atoms with Gasteiger partial charge in [-0.2, -0.15) is 13.9 Å². The lowest BCUT2D eigenvalue weighted by Crippen LogP contribution is -2.05. The number of alkyl halides is 2. The van der Waals surface area contributed by atoms with E-state index < -0.39 is 6.61 Å². The molecule has 1 aromatic carbocycles. The molecule has 0 radical (unpaired) electrons. The van der Waals surface area contributed by atoms with Crippen molar-refractivity contribution >= 4 is 5.65 Å². The quantitative estimate of drug-likeness (QED) is 0.716. The average Bonchev–Trinajstić information content (AvgIpc) is 2.99. The van der Waals surface area contributed by atoms with Crippen LogP contribution in [0.25, 0.3) is 16.9 Å². The molecule has 0 N–H and O–H groups in total. The van der Waals surface area contributed by atoms with Crippen molar-refractivity contribution in [3.63, 3.8) is 0 Å². The van der Waals surface area contributed by atoms with E-state index in [9.17, 15) is 8.78 Å². The molecular formula is C16H15F2N3O3. The topological polar surface area (TPSA) is 57.9 Å². The standard InChI is InChI=1S/C16H15F2N3O3/c1-9-13(23-3)4-10(5-14(9)24-16(17)18)12-8-19-15-6-11(22-2)7-20-21(12)15/h4-8,16H,1-3H3. The van der Waals surface area contributed by atoms with Crippen LogP contribution in [-0.4, -0.2) is 35.4 Å². The van der Waals surface area contributed by atoms with Crippen LogP contribution in [0.5, 0.6) is 17.2 Å². The van der Waals surface area contributed by atoms with Crippen molar-refractivity contribution in [2.75, 3.05) is 14.2 Å². The number of nitrogens with zero attached hydrogens (tertiary/aromatic N) is 3. The number of aromatic nitrogens is 3. The first-order valence-corrected chi connectivity index (χ1v) is 7.05. The highest BCUT2D eigenvalue weighted by atomic mass is 19.3. The van der Waals surface area contributed by atoms with Gasteiger partial charge in [-0.05, 0) is 19.1 Å². The third-order valence-corrected chi connectivity index (χ3v) is 3.62. The van der Waals surface area contributed by atoms with E-state index in [2.05, 4.69) is 14.8 Å². The Hall–Kier alpha value is -2.90. The highest BCUT2D eigenvalue weighted by molar-refractivity contribution is 5.68. The van der Waals surface area contributed by atoms with Crippen molar-refractivity contribution in [3.8, 4) is 28.5 Å². The van der Waals surface area contributed by atoms with E-state index in [4.69, 9.17) is 9.47 Å². The molecule has 0 spiro atoms. The van der Waals surface area contributed by atoms with Gasteiger partial charge in [0.05, 0.1) is 32.3 Å². The number of rotatable bonds is 5. The summed E-state index contributed by atoms with van der Waals surface area (Å²) in [4.78, 5) is 4.26. The lowest BCUT2D eigenvalue weighted by molar-refractivity contribution is -0.0503. The van der Waals surface area contributed by atoms with Crippen LogP contribution in [0, 0.1) is 6.92 Å². The molecule has 0 bridgehead atoms. The molecule has 3 rings (SSSR count). The van der Waals surface area contributed by atoms with E-state index >= 15 is 0 Å². The van der Waals surface area contributed by atoms with Gasteiger partial charge in [-0.15, -0.1) is 0 Å². The number of hydrogen-bond donors (Lipinski definition) is 0. The van der Waals surface area contributed by atoms with Crippen LogP contribution in [-0.2, 0) is 0 Å². The molecule has 0 atom stereocenters. The fraction of sp³-hybridized carbons (Fsp3) is 0.250. The van der Waals surface area contributed by atoms with Crippen molar-refractivity contribution < 1.29 is 23.0 Å². The zero-order chi connectivity index (χ0) is 17.3. The summed E-state index contributed by atoms with van der Waals surface area (Å²) < 4.78 is 41.8. The Bertz CT molecular complexity index is 880. The Kier molecular flexibility index (Phi) is 4.20. The minimum atomic E-state index is -2.92. The smallest absolute Gasteiger partial charge is 0.387 e. The van der Waals surface area contributed by atoms with E-state index in [-0.39, 0.29) is 5.75 Å². The molecule has 6 nitrogen and oxygen atoms in total. The van der Waals surface area contributed by atoms with Gasteiger partial charge < -0.3 is 14.2 Å². The molecule has 0 unspecified atom stereocenters. The Labute approximate surface area is 136 Å². The SMILES string of the molecule is COc1cnn2c(-c3cc(OC)c(C)c(OC(F)F)c3)cnc2c1. The van der Waals surface area contributed by atoms with E-state index in [0.717, 1.165) is 0 Å². The second-order valence-corrected chi connectivity index (χ2v) is 4.99. The maximum absolute atomic E-state index is 12.6. The van der Waals surface area contributed by atoms with Crippen molar-refractivity contribution in [3.05, 3.63) is 36.2 Å². The number of hydrogen-bond acceptors (Lipinski definition) is 5. The maximum Gasteiger partial charge on any atom is 0.387 e. The molecule has 0 aliphatic heterocycles. The molecule has 0 aliphatic rings. The number of fused-ring (bicyclic) bond motifs is 1. The summed E-state index contributed by atoms with van der Waals surface area (Å²) in [6.45, 7) is -1.27. The third kappa shape index (κ3) is 2.82. The molecule has 0 saturated carbocycles. The molecule has 2 aromatic heterocycles. The molecule has 0 fully saturated rings. The molecule has 126 valence electrons. The van der Waals surface area contributed by atoms with Gasteiger partial charge in [0.25, 0.3) is 0 Å². The fourth-order valence-electron chi connectivity index (χ4n) is 2.41. The van der Waals surface area contributed by atoms with Crippen LogP contribution in [0.4, 0.5) is 8.78 Å². The highest BCUT2D eigenvalue weighted by Crippen LogP contribution is 2.35. The average molecular weight is 335 g/mol. The summed E-state index contributed by atoms with van der Waals surface area (Å²) in [6, 6.07) is 4.96. The minimum Gasteiger partial charge on any atom is -0.496 e. The van der Waals surface area contributed by atoms with Gasteiger partial charge in [0.2, 0.25) is 0 Å². The molecule has 8 heteroatoms. The second kappa shape index (κ2) is 6.31. The summed E-state index contributed by atoms with van der Waals surface area (Å²) in [5, 5.41) is 4.26. The van der Waals surface area contributed by atoms with E-state index in [1.807, 2.05) is 0 Å². The number of halogens is 2. The summed E-state index contributed by atoms with van der Waals surface area (Å²) in [6.07, 6.45) is 3.14. The largest absolute Gasteiger partial charge is 0.496 e. The number of imidazole rings is 1. The molecule has 3 aromatic rings. The molecule has 2 heterocycles. The number of methoxy groups -OCH3 is 2. The van der Waals surface area contributed by atoms with Crippen molar-refractivity contribution in [1.82, 2.24) is 14.6 Å². The summed E-state index contributed by atoms with van der Waals surface area (Å²) >= 11 is 0. The van der Waals surface area contributed by atoms with Gasteiger partial charge in [-0.3, -0.25) is 0 Å². The van der Waals surface area contributed by atoms with Gasteiger partial charge in [0.15, 0.2) is 5.65 Å². The van der Waals surface area contributed by atoms with Gasteiger partial charge in [-0.25, -0.2) is 9.50 Å². The summed E-state index contributed by atoms with van der Waals surface area (Å²) in [7, 11) is 3.01. The Balaban J connectivity index is 2.15. The van der Waals surface area contributed by atoms with Crippen LogP contribution in [0.15, 0.2) is 30.6 Å². The molecule has 0 saturated heterocycles. The lowest BCUT2D eigenvalue weighted by atomic mass is 10.1. The van der Waals surface area contributed by atoms with Gasteiger partial charge in [0.1, 0.15) is 17.2 Å². The second-order valence-electron chi connectivity index (χ2n) is 4.99. The van der Waals surface area contributed by atoms with Crippen molar-refractivity contribution in [2.24, 2.45) is 0 Å². The maximum atomic E-state index is 12.6. The zero-order valence-electron chi connectivity index (χ0n) is 13.3. The number of benzene rings is 1. The first-order chi connectivity index (χ1) is 11.5. The highest BCUT2D eigenvalue weighted by Gasteiger charge is 2.16. The van der Waals surface area contributed by atoms with Crippen molar-refractivity contribution in [1.29, 1.82) is 0 Å². The van der Waals surface area contributed by atoms with Crippen molar-refractivity contribution in [2.45, 2.75) is 13.5 Å². The monoisotopic (exact) mass is 335 g/mol. The lowest BCUT2D eigenvalue weighted by Gasteiger charge is -2.13. The van der Waals surface area contributed by atoms with Gasteiger partial charge >= 0.3 is 6.61 Å². The first-order valence-electron chi connectivity index (χ1n) is 7.05. The van der Waals surface area contributed by atoms with Crippen LogP contribution in [0.3, 0.4) is 0 Å². The molecule has 0 aliphatic carbocycles. The van der Waals surface area contributed by atoms with Crippen LogP contribution < -0.4 is 14.2 Å². The van der Waals surface area contributed by atoms with Gasteiger partial charge in [0, 0.05) is 17.2 Å². The fourth-order valence-corrected chi connectivity index (χ4v) is 2.41. The van der Waals surface area contributed by atoms with E-state index in [1.54, 1.807) is 36.0 Å².